The van der Waals surface area contributed by atoms with Gasteiger partial charge in [-0.25, -0.2) is 4.39 Å². The summed E-state index contributed by atoms with van der Waals surface area (Å²) in [4.78, 5) is 15.6. The van der Waals surface area contributed by atoms with Crippen molar-refractivity contribution in [3.8, 4) is 28.5 Å². The zero-order valence-electron chi connectivity index (χ0n) is 13.8. The maximum absolute atomic E-state index is 14.0. The van der Waals surface area contributed by atoms with E-state index in [2.05, 4.69) is 4.98 Å². The van der Waals surface area contributed by atoms with Crippen molar-refractivity contribution < 1.29 is 28.8 Å². The van der Waals surface area contributed by atoms with Gasteiger partial charge in [0.05, 0.1) is 18.0 Å². The lowest BCUT2D eigenvalue weighted by Gasteiger charge is -2.12. The fourth-order valence-electron chi connectivity index (χ4n) is 2.69. The van der Waals surface area contributed by atoms with E-state index < -0.39 is 19.4 Å². The lowest BCUT2D eigenvalue weighted by Crippen LogP contribution is -2.07. The zero-order valence-corrected chi connectivity index (χ0v) is 13.8. The van der Waals surface area contributed by atoms with Gasteiger partial charge in [0.25, 0.3) is 0 Å². The van der Waals surface area contributed by atoms with Crippen molar-refractivity contribution >= 4 is 10.9 Å². The Hall–Kier alpha value is -3.10. The molecular weight excluding hydrogens is 345 g/mol. The second-order valence-electron chi connectivity index (χ2n) is 5.26. The summed E-state index contributed by atoms with van der Waals surface area (Å²) >= 11 is 0. The van der Waals surface area contributed by atoms with Gasteiger partial charge in [-0.1, -0.05) is 0 Å². The number of aliphatic hydroxyl groups excluding tert-OH is 2. The summed E-state index contributed by atoms with van der Waals surface area (Å²) in [6, 6.07) is 8.59. The maximum Gasteiger partial charge on any atom is 0.193 e. The van der Waals surface area contributed by atoms with E-state index in [0.717, 1.165) is 0 Å². The Morgan fingerprint density at radius 2 is 1.73 bits per heavy atom. The number of aromatic nitrogens is 1. The predicted octanol–water partition coefficient (Wildman–Crippen LogP) is 2.00. The molecule has 0 aliphatic carbocycles. The largest absolute Gasteiger partial charge is 0.492 e. The van der Waals surface area contributed by atoms with Crippen LogP contribution in [0, 0.1) is 5.82 Å². The van der Waals surface area contributed by atoms with E-state index in [-0.39, 0.29) is 28.1 Å². The lowest BCUT2D eigenvalue weighted by atomic mass is 10.1. The number of H-pyrrole nitrogens is 1. The van der Waals surface area contributed by atoms with Crippen LogP contribution in [0.5, 0.6) is 17.2 Å². The molecule has 136 valence electrons. The molecule has 0 radical (unpaired) electrons. The third-order valence-corrected chi connectivity index (χ3v) is 3.80. The highest BCUT2D eigenvalue weighted by atomic mass is 19.1. The summed E-state index contributed by atoms with van der Waals surface area (Å²) < 4.78 is 29.0. The van der Waals surface area contributed by atoms with Crippen LogP contribution in [0.3, 0.4) is 0 Å². The number of aromatic amines is 1. The van der Waals surface area contributed by atoms with Crippen molar-refractivity contribution in [2.75, 3.05) is 20.7 Å². The molecule has 0 fully saturated rings. The molecule has 0 saturated heterocycles. The first-order valence-corrected chi connectivity index (χ1v) is 7.60. The molecule has 0 bridgehead atoms. The number of aliphatic hydroxyl groups is 2. The van der Waals surface area contributed by atoms with Crippen LogP contribution in [0.15, 0.2) is 41.2 Å². The standard InChI is InChI=1S/C18H16FNO6/c1-24-18-16(26-9-22)5-3-12-17(18)14(23)7-13(20-12)10-2-4-15(25-8-21)11(19)6-10/h2-7,21-22H,8-9H2,1H3,(H,20,23). The molecule has 0 aliphatic heterocycles. The van der Waals surface area contributed by atoms with Gasteiger partial charge in [-0.05, 0) is 30.3 Å². The third kappa shape index (κ3) is 3.19. The van der Waals surface area contributed by atoms with Gasteiger partial charge < -0.3 is 29.4 Å². The van der Waals surface area contributed by atoms with Crippen LogP contribution < -0.4 is 19.6 Å². The number of pyridine rings is 1. The Bertz CT molecular complexity index is 1000. The van der Waals surface area contributed by atoms with Gasteiger partial charge in [-0.2, -0.15) is 0 Å². The van der Waals surface area contributed by atoms with E-state index in [1.54, 1.807) is 18.2 Å². The molecule has 26 heavy (non-hydrogen) atoms. The van der Waals surface area contributed by atoms with Crippen LogP contribution in [-0.4, -0.2) is 35.9 Å². The molecular formula is C18H16FNO6. The topological polar surface area (TPSA) is 101 Å². The lowest BCUT2D eigenvalue weighted by molar-refractivity contribution is 0.0944. The van der Waals surface area contributed by atoms with Crippen LogP contribution in [0.2, 0.25) is 0 Å². The molecule has 1 aromatic heterocycles. The zero-order chi connectivity index (χ0) is 18.7. The molecule has 0 atom stereocenters. The highest BCUT2D eigenvalue weighted by Gasteiger charge is 2.15. The number of hydrogen-bond acceptors (Lipinski definition) is 6. The Kier molecular flexibility index (Phi) is 5.06. The SMILES string of the molecule is COc1c(OCO)ccc2[nH]c(-c3ccc(OCO)c(F)c3)cc(=O)c12. The van der Waals surface area contributed by atoms with Crippen molar-refractivity contribution in [1.82, 2.24) is 4.98 Å². The second-order valence-corrected chi connectivity index (χ2v) is 5.26. The molecule has 3 aromatic rings. The van der Waals surface area contributed by atoms with E-state index >= 15 is 0 Å². The minimum Gasteiger partial charge on any atom is -0.492 e. The Labute approximate surface area is 147 Å². The van der Waals surface area contributed by atoms with Crippen molar-refractivity contribution in [2.24, 2.45) is 0 Å². The van der Waals surface area contributed by atoms with E-state index in [4.69, 9.17) is 24.4 Å². The summed E-state index contributed by atoms with van der Waals surface area (Å²) in [5, 5.41) is 17.9. The van der Waals surface area contributed by atoms with E-state index in [1.165, 1.54) is 25.3 Å². The summed E-state index contributed by atoms with van der Waals surface area (Å²) in [6.07, 6.45) is 0. The first-order valence-electron chi connectivity index (χ1n) is 7.60. The molecule has 0 aliphatic rings. The van der Waals surface area contributed by atoms with Gasteiger partial charge in [0.15, 0.2) is 42.1 Å². The number of halogens is 1. The van der Waals surface area contributed by atoms with Crippen LogP contribution in [0.25, 0.3) is 22.2 Å². The van der Waals surface area contributed by atoms with Gasteiger partial charge in [0.1, 0.15) is 0 Å². The average molecular weight is 361 g/mol. The highest BCUT2D eigenvalue weighted by molar-refractivity contribution is 5.89. The quantitative estimate of drug-likeness (QED) is 0.581. The van der Waals surface area contributed by atoms with E-state index in [1.807, 2.05) is 0 Å². The Balaban J connectivity index is 2.14. The number of ether oxygens (including phenoxy) is 3. The first-order chi connectivity index (χ1) is 12.6. The van der Waals surface area contributed by atoms with Gasteiger partial charge in [-0.3, -0.25) is 4.79 Å². The van der Waals surface area contributed by atoms with Crippen molar-refractivity contribution in [3.05, 3.63) is 52.4 Å². The molecule has 0 saturated carbocycles. The summed E-state index contributed by atoms with van der Waals surface area (Å²) in [7, 11) is 1.39. The Morgan fingerprint density at radius 1 is 1.04 bits per heavy atom. The normalized spacial score (nSPS) is 10.8. The van der Waals surface area contributed by atoms with Crippen LogP contribution in [0.4, 0.5) is 4.39 Å². The smallest absolute Gasteiger partial charge is 0.193 e. The van der Waals surface area contributed by atoms with Crippen molar-refractivity contribution in [3.63, 3.8) is 0 Å². The number of fused-ring (bicyclic) bond motifs is 1. The molecule has 3 rings (SSSR count). The number of methoxy groups -OCH3 is 1. The number of nitrogens with one attached hydrogen (secondary N) is 1. The fourth-order valence-corrected chi connectivity index (χ4v) is 2.69. The highest BCUT2D eigenvalue weighted by Crippen LogP contribution is 2.34. The molecule has 7 nitrogen and oxygen atoms in total. The summed E-state index contributed by atoms with van der Waals surface area (Å²) in [5.74, 6) is -0.326. The van der Waals surface area contributed by atoms with E-state index in [9.17, 15) is 9.18 Å². The maximum atomic E-state index is 14.0. The second kappa shape index (κ2) is 7.42. The Morgan fingerprint density at radius 3 is 2.38 bits per heavy atom. The van der Waals surface area contributed by atoms with Gasteiger partial charge in [-0.15, -0.1) is 0 Å². The van der Waals surface area contributed by atoms with Crippen LogP contribution >= 0.6 is 0 Å². The van der Waals surface area contributed by atoms with E-state index in [0.29, 0.717) is 16.8 Å². The fraction of sp³-hybridized carbons (Fsp3) is 0.167. The van der Waals surface area contributed by atoms with Crippen LogP contribution in [0.1, 0.15) is 0 Å². The van der Waals surface area contributed by atoms with Crippen molar-refractivity contribution in [1.29, 1.82) is 0 Å². The molecule has 8 heteroatoms. The monoisotopic (exact) mass is 361 g/mol. The predicted molar refractivity (Wildman–Crippen MR) is 91.9 cm³/mol. The van der Waals surface area contributed by atoms with Gasteiger partial charge in [0.2, 0.25) is 0 Å². The first kappa shape index (κ1) is 17.7. The third-order valence-electron chi connectivity index (χ3n) is 3.80. The molecule has 3 N–H and O–H groups in total. The number of benzene rings is 2. The number of hydrogen-bond donors (Lipinski definition) is 3. The molecule has 1 heterocycles. The minimum absolute atomic E-state index is 0.0909. The summed E-state index contributed by atoms with van der Waals surface area (Å²) in [6.45, 7) is -1.19. The van der Waals surface area contributed by atoms with Crippen molar-refractivity contribution in [2.45, 2.75) is 0 Å². The van der Waals surface area contributed by atoms with Crippen LogP contribution in [-0.2, 0) is 0 Å². The average Bonchev–Trinajstić information content (AvgIpc) is 2.63. The van der Waals surface area contributed by atoms with Gasteiger partial charge in [0, 0.05) is 17.3 Å². The minimum atomic E-state index is -0.665. The summed E-state index contributed by atoms with van der Waals surface area (Å²) in [5.41, 5.74) is 0.937. The molecule has 0 spiro atoms. The molecule has 0 unspecified atom stereocenters. The van der Waals surface area contributed by atoms with Gasteiger partial charge >= 0.3 is 0 Å². The molecule has 0 amide bonds. The molecule has 2 aromatic carbocycles. The number of rotatable bonds is 6.